The van der Waals surface area contributed by atoms with Gasteiger partial charge in [-0.05, 0) is 29.8 Å². The van der Waals surface area contributed by atoms with E-state index >= 15 is 0 Å². The highest BCUT2D eigenvalue weighted by molar-refractivity contribution is 6.31. The van der Waals surface area contributed by atoms with Gasteiger partial charge in [-0.3, -0.25) is 4.79 Å². The Balaban J connectivity index is 1.60. The first-order valence-corrected chi connectivity index (χ1v) is 9.42. The van der Waals surface area contributed by atoms with Crippen LogP contribution in [0.1, 0.15) is 17.3 Å². The molecule has 0 saturated heterocycles. The third kappa shape index (κ3) is 4.06. The molecule has 2 aromatic heterocycles. The molecule has 0 spiro atoms. The highest BCUT2D eigenvalue weighted by Gasteiger charge is 2.25. The molecular weight excluding hydrogens is 402 g/mol. The zero-order valence-electron chi connectivity index (χ0n) is 15.6. The molecule has 0 amide bonds. The number of H-pyrrole nitrogens is 1. The molecule has 0 aliphatic rings. The van der Waals surface area contributed by atoms with Crippen LogP contribution in [0.2, 0.25) is 5.02 Å². The first kappa shape index (κ1) is 19.4. The number of rotatable bonds is 6. The summed E-state index contributed by atoms with van der Waals surface area (Å²) >= 11 is 6.00. The van der Waals surface area contributed by atoms with Crippen LogP contribution in [-0.4, -0.2) is 25.7 Å². The highest BCUT2D eigenvalue weighted by Crippen LogP contribution is 2.25. The third-order valence-electron chi connectivity index (χ3n) is 4.50. The monoisotopic (exact) mass is 417 g/mol. The second-order valence-electron chi connectivity index (χ2n) is 6.58. The van der Waals surface area contributed by atoms with Crippen LogP contribution < -0.4 is 11.1 Å². The van der Waals surface area contributed by atoms with E-state index in [-0.39, 0.29) is 29.9 Å². The molecule has 2 aromatic carbocycles. The summed E-state index contributed by atoms with van der Waals surface area (Å²) in [6, 6.07) is 16.6. The minimum absolute atomic E-state index is 0.0105. The Bertz CT molecular complexity index is 1260. The summed E-state index contributed by atoms with van der Waals surface area (Å²) in [5.41, 5.74) is 8.11. The Morgan fingerprint density at radius 3 is 2.77 bits per heavy atom. The summed E-state index contributed by atoms with van der Waals surface area (Å²) < 4.78 is 0. The van der Waals surface area contributed by atoms with Gasteiger partial charge in [-0.2, -0.15) is 20.2 Å². The van der Waals surface area contributed by atoms with E-state index in [0.717, 1.165) is 22.2 Å². The Morgan fingerprint density at radius 2 is 2.00 bits per heavy atom. The van der Waals surface area contributed by atoms with E-state index in [1.54, 1.807) is 18.3 Å². The van der Waals surface area contributed by atoms with Crippen LogP contribution in [0.5, 0.6) is 0 Å². The molecule has 1 unspecified atom stereocenters. The molecular formula is C21H16ClN7O. The smallest absolute Gasteiger partial charge is 0.232 e. The number of nitrogen functional groups attached to an aromatic ring is 1. The molecule has 148 valence electrons. The van der Waals surface area contributed by atoms with Gasteiger partial charge >= 0.3 is 0 Å². The molecule has 1 atom stereocenters. The molecule has 30 heavy (non-hydrogen) atoms. The first-order valence-electron chi connectivity index (χ1n) is 9.05. The molecule has 2 heterocycles. The van der Waals surface area contributed by atoms with Crippen LogP contribution in [-0.2, 0) is 11.2 Å². The van der Waals surface area contributed by atoms with Crippen molar-refractivity contribution >= 4 is 45.9 Å². The second-order valence-corrected chi connectivity index (χ2v) is 7.01. The van der Waals surface area contributed by atoms with Crippen molar-refractivity contribution in [3.63, 3.8) is 0 Å². The lowest BCUT2D eigenvalue weighted by Gasteiger charge is -2.10. The summed E-state index contributed by atoms with van der Waals surface area (Å²) in [5, 5.41) is 14.1. The number of nitrogens with two attached hydrogens (primary N) is 1. The molecule has 0 fully saturated rings. The van der Waals surface area contributed by atoms with Crippen molar-refractivity contribution < 1.29 is 4.79 Å². The Kier molecular flexibility index (Phi) is 5.28. The summed E-state index contributed by atoms with van der Waals surface area (Å²) in [4.78, 5) is 28.3. The van der Waals surface area contributed by atoms with Crippen LogP contribution in [0.25, 0.3) is 10.9 Å². The van der Waals surface area contributed by atoms with Gasteiger partial charge in [0.2, 0.25) is 11.9 Å². The predicted molar refractivity (Wildman–Crippen MR) is 114 cm³/mol. The number of para-hydroxylation sites is 1. The zero-order valence-corrected chi connectivity index (χ0v) is 16.4. The van der Waals surface area contributed by atoms with Crippen molar-refractivity contribution in [2.45, 2.75) is 12.3 Å². The minimum Gasteiger partial charge on any atom is -0.368 e. The van der Waals surface area contributed by atoms with Crippen LogP contribution in [0, 0.1) is 11.3 Å². The third-order valence-corrected chi connectivity index (χ3v) is 4.74. The van der Waals surface area contributed by atoms with Crippen molar-refractivity contribution in [3.8, 4) is 6.07 Å². The van der Waals surface area contributed by atoms with Crippen molar-refractivity contribution in [2.75, 3.05) is 11.1 Å². The van der Waals surface area contributed by atoms with Gasteiger partial charge < -0.3 is 16.0 Å². The van der Waals surface area contributed by atoms with Gasteiger partial charge in [0.15, 0.2) is 17.5 Å². The lowest BCUT2D eigenvalue weighted by atomic mass is 9.98. The highest BCUT2D eigenvalue weighted by atomic mass is 35.5. The van der Waals surface area contributed by atoms with E-state index < -0.39 is 5.92 Å². The molecule has 0 radical (unpaired) electrons. The number of carbonyl (C=O) groups excluding carboxylic acids is 1. The van der Waals surface area contributed by atoms with Gasteiger partial charge in [0.05, 0.1) is 6.07 Å². The normalized spacial score (nSPS) is 11.7. The number of aromatic nitrogens is 4. The number of nitriles is 1. The fourth-order valence-corrected chi connectivity index (χ4v) is 3.29. The molecule has 8 nitrogen and oxygen atoms in total. The number of hydrogen-bond donors (Lipinski definition) is 3. The number of halogens is 1. The Hall–Kier alpha value is -3.96. The van der Waals surface area contributed by atoms with E-state index in [1.165, 1.54) is 0 Å². The molecule has 4 rings (SSSR count). The number of Topliss-reactive ketones (excluding diaryl/α,β-unsaturated/α-hetero) is 1. The molecule has 0 aliphatic carbocycles. The minimum atomic E-state index is -1.18. The predicted octanol–water partition coefficient (Wildman–Crippen LogP) is 3.75. The topological polar surface area (TPSA) is 133 Å². The van der Waals surface area contributed by atoms with Gasteiger partial charge in [0.1, 0.15) is 0 Å². The molecule has 4 N–H and O–H groups in total. The lowest BCUT2D eigenvalue weighted by Crippen LogP contribution is -2.18. The number of benzene rings is 2. The van der Waals surface area contributed by atoms with Gasteiger partial charge in [-0.15, -0.1) is 0 Å². The van der Waals surface area contributed by atoms with Crippen LogP contribution >= 0.6 is 11.6 Å². The maximum atomic E-state index is 12.9. The van der Waals surface area contributed by atoms with E-state index in [0.29, 0.717) is 5.02 Å². The summed E-state index contributed by atoms with van der Waals surface area (Å²) in [6.07, 6.45) is 1.77. The number of fused-ring (bicyclic) bond motifs is 1. The number of ketones is 1. The maximum Gasteiger partial charge on any atom is 0.232 e. The van der Waals surface area contributed by atoms with E-state index in [2.05, 4.69) is 25.3 Å². The molecule has 9 heteroatoms. The van der Waals surface area contributed by atoms with Crippen LogP contribution in [0.4, 0.5) is 17.6 Å². The van der Waals surface area contributed by atoms with Crippen molar-refractivity contribution in [3.05, 3.63) is 71.1 Å². The number of nitrogens with zero attached hydrogens (tertiary/aromatic N) is 4. The summed E-state index contributed by atoms with van der Waals surface area (Å²) in [7, 11) is 0. The standard InChI is InChI=1S/C21H16ClN7O/c22-13-6-7-15-12(11-25-17(15)9-13)8-18(30)16(10-23)19-27-20(24)29-21(28-19)26-14-4-2-1-3-5-14/h1-7,9,11,16,25H,8H2,(H3,24,26,27,28,29). The number of aromatic amines is 1. The van der Waals surface area contributed by atoms with Crippen LogP contribution in [0.15, 0.2) is 54.7 Å². The summed E-state index contributed by atoms with van der Waals surface area (Å²) in [6.45, 7) is 0. The van der Waals surface area contributed by atoms with E-state index in [1.807, 2.05) is 42.5 Å². The average molecular weight is 418 g/mol. The maximum absolute atomic E-state index is 12.9. The van der Waals surface area contributed by atoms with Gasteiger partial charge in [-0.1, -0.05) is 35.9 Å². The quantitative estimate of drug-likeness (QED) is 0.435. The van der Waals surface area contributed by atoms with E-state index in [4.69, 9.17) is 17.3 Å². The number of carbonyl (C=O) groups is 1. The second kappa shape index (κ2) is 8.19. The molecule has 4 aromatic rings. The van der Waals surface area contributed by atoms with Gasteiger partial charge in [0.25, 0.3) is 0 Å². The van der Waals surface area contributed by atoms with Gasteiger partial charge in [-0.25, -0.2) is 0 Å². The largest absolute Gasteiger partial charge is 0.368 e. The summed E-state index contributed by atoms with van der Waals surface area (Å²) in [5.74, 6) is -1.42. The van der Waals surface area contributed by atoms with E-state index in [9.17, 15) is 10.1 Å². The molecule has 0 bridgehead atoms. The van der Waals surface area contributed by atoms with Crippen molar-refractivity contribution in [1.82, 2.24) is 19.9 Å². The first-order chi connectivity index (χ1) is 14.5. The molecule has 0 aliphatic heterocycles. The fourth-order valence-electron chi connectivity index (χ4n) is 3.11. The van der Waals surface area contributed by atoms with Crippen molar-refractivity contribution in [2.24, 2.45) is 0 Å². The number of anilines is 3. The van der Waals surface area contributed by atoms with Crippen LogP contribution in [0.3, 0.4) is 0 Å². The zero-order chi connectivity index (χ0) is 21.1. The molecule has 0 saturated carbocycles. The Labute approximate surface area is 176 Å². The van der Waals surface area contributed by atoms with Gasteiger partial charge in [0, 0.05) is 34.2 Å². The average Bonchev–Trinajstić information content (AvgIpc) is 3.10. The SMILES string of the molecule is N#CC(C(=O)Cc1c[nH]c2cc(Cl)ccc12)c1nc(N)nc(Nc2ccccc2)n1. The van der Waals surface area contributed by atoms with Crippen molar-refractivity contribution in [1.29, 1.82) is 5.26 Å². The fraction of sp³-hybridized carbons (Fsp3) is 0.0952. The number of hydrogen-bond acceptors (Lipinski definition) is 7. The lowest BCUT2D eigenvalue weighted by molar-refractivity contribution is -0.118. The number of nitrogens with one attached hydrogen (secondary N) is 2. The Morgan fingerprint density at radius 1 is 1.20 bits per heavy atom.